The molecule has 1 saturated heterocycles. The SMILES string of the molecule is Cl.NCC(NC(=O)C1CCN(C(=O)CCc2ccccc2)CC1)C1CC1. The second-order valence-corrected chi connectivity index (χ2v) is 7.33. The second kappa shape index (κ2) is 9.93. The van der Waals surface area contributed by atoms with E-state index in [4.69, 9.17) is 5.73 Å². The van der Waals surface area contributed by atoms with Crippen LogP contribution in [0.5, 0.6) is 0 Å². The van der Waals surface area contributed by atoms with Crippen LogP contribution in [0.1, 0.15) is 37.7 Å². The number of rotatable bonds is 7. The number of nitrogens with one attached hydrogen (secondary N) is 1. The lowest BCUT2D eigenvalue weighted by molar-refractivity contribution is -0.135. The Morgan fingerprint density at radius 3 is 2.35 bits per heavy atom. The Morgan fingerprint density at radius 1 is 1.12 bits per heavy atom. The average molecular weight is 380 g/mol. The van der Waals surface area contributed by atoms with E-state index in [1.165, 1.54) is 18.4 Å². The first-order valence-electron chi connectivity index (χ1n) is 9.49. The molecule has 2 aliphatic rings. The Bertz CT molecular complexity index is 584. The number of benzene rings is 1. The van der Waals surface area contributed by atoms with Gasteiger partial charge >= 0.3 is 0 Å². The van der Waals surface area contributed by atoms with Crippen LogP contribution in [0.25, 0.3) is 0 Å². The van der Waals surface area contributed by atoms with Gasteiger partial charge in [0, 0.05) is 38.0 Å². The summed E-state index contributed by atoms with van der Waals surface area (Å²) < 4.78 is 0. The van der Waals surface area contributed by atoms with Crippen LogP contribution in [0.4, 0.5) is 0 Å². The second-order valence-electron chi connectivity index (χ2n) is 7.33. The van der Waals surface area contributed by atoms with Crippen molar-refractivity contribution in [2.45, 2.75) is 44.6 Å². The minimum absolute atomic E-state index is 0. The van der Waals surface area contributed by atoms with Crippen molar-refractivity contribution >= 4 is 24.2 Å². The first kappa shape index (κ1) is 20.7. The molecule has 3 rings (SSSR count). The first-order chi connectivity index (χ1) is 12.2. The fourth-order valence-electron chi connectivity index (χ4n) is 3.61. The van der Waals surface area contributed by atoms with Crippen LogP contribution in [0.3, 0.4) is 0 Å². The largest absolute Gasteiger partial charge is 0.352 e. The lowest BCUT2D eigenvalue weighted by Crippen LogP contribution is -2.48. The van der Waals surface area contributed by atoms with Gasteiger partial charge in [-0.15, -0.1) is 12.4 Å². The summed E-state index contributed by atoms with van der Waals surface area (Å²) in [5.74, 6) is 0.916. The van der Waals surface area contributed by atoms with Crippen LogP contribution in [0, 0.1) is 11.8 Å². The van der Waals surface area contributed by atoms with Gasteiger partial charge in [0.15, 0.2) is 0 Å². The van der Waals surface area contributed by atoms with Gasteiger partial charge in [-0.2, -0.15) is 0 Å². The van der Waals surface area contributed by atoms with E-state index >= 15 is 0 Å². The van der Waals surface area contributed by atoms with Gasteiger partial charge in [-0.25, -0.2) is 0 Å². The molecule has 1 unspecified atom stereocenters. The summed E-state index contributed by atoms with van der Waals surface area (Å²) >= 11 is 0. The highest BCUT2D eigenvalue weighted by molar-refractivity contribution is 5.85. The molecule has 26 heavy (non-hydrogen) atoms. The summed E-state index contributed by atoms with van der Waals surface area (Å²) in [5.41, 5.74) is 6.96. The molecule has 0 radical (unpaired) electrons. The van der Waals surface area contributed by atoms with E-state index in [1.807, 2.05) is 23.1 Å². The van der Waals surface area contributed by atoms with Gasteiger partial charge in [0.05, 0.1) is 0 Å². The van der Waals surface area contributed by atoms with Crippen LogP contribution < -0.4 is 11.1 Å². The molecular weight excluding hydrogens is 350 g/mol. The van der Waals surface area contributed by atoms with Crippen LogP contribution in [-0.4, -0.2) is 42.4 Å². The molecule has 1 atom stereocenters. The summed E-state index contributed by atoms with van der Waals surface area (Å²) in [6.07, 6.45) is 5.18. The number of aryl methyl sites for hydroxylation is 1. The van der Waals surface area contributed by atoms with E-state index < -0.39 is 0 Å². The van der Waals surface area contributed by atoms with E-state index in [1.54, 1.807) is 0 Å². The van der Waals surface area contributed by atoms with Crippen molar-refractivity contribution in [2.75, 3.05) is 19.6 Å². The van der Waals surface area contributed by atoms with Gasteiger partial charge in [0.25, 0.3) is 0 Å². The van der Waals surface area contributed by atoms with Crippen LogP contribution in [-0.2, 0) is 16.0 Å². The van der Waals surface area contributed by atoms with Crippen molar-refractivity contribution < 1.29 is 9.59 Å². The monoisotopic (exact) mass is 379 g/mol. The predicted molar refractivity (Wildman–Crippen MR) is 105 cm³/mol. The molecule has 6 heteroatoms. The normalized spacial score (nSPS) is 18.7. The summed E-state index contributed by atoms with van der Waals surface area (Å²) in [6.45, 7) is 1.89. The average Bonchev–Trinajstić information content (AvgIpc) is 3.50. The molecule has 0 spiro atoms. The molecule has 2 amide bonds. The van der Waals surface area contributed by atoms with E-state index in [-0.39, 0.29) is 36.2 Å². The Morgan fingerprint density at radius 2 is 1.77 bits per heavy atom. The standard InChI is InChI=1S/C20H29N3O2.ClH/c21-14-18(16-7-8-16)22-20(25)17-10-12-23(13-11-17)19(24)9-6-15-4-2-1-3-5-15;/h1-5,16-18H,6-14,21H2,(H,22,25);1H. The third kappa shape index (κ3) is 5.71. The summed E-state index contributed by atoms with van der Waals surface area (Å²) in [6, 6.07) is 10.2. The minimum Gasteiger partial charge on any atom is -0.352 e. The zero-order chi connectivity index (χ0) is 17.6. The number of nitrogens with zero attached hydrogens (tertiary/aromatic N) is 1. The number of likely N-dealkylation sites (tertiary alicyclic amines) is 1. The maximum absolute atomic E-state index is 12.4. The van der Waals surface area contributed by atoms with E-state index in [0.29, 0.717) is 32.0 Å². The van der Waals surface area contributed by atoms with Gasteiger partial charge in [-0.1, -0.05) is 30.3 Å². The number of hydrogen-bond donors (Lipinski definition) is 2. The van der Waals surface area contributed by atoms with Gasteiger partial charge < -0.3 is 16.0 Å². The topological polar surface area (TPSA) is 75.4 Å². The molecule has 1 saturated carbocycles. The highest BCUT2D eigenvalue weighted by Gasteiger charge is 2.34. The number of hydrogen-bond acceptors (Lipinski definition) is 3. The van der Waals surface area contributed by atoms with E-state index in [9.17, 15) is 9.59 Å². The van der Waals surface area contributed by atoms with Crippen molar-refractivity contribution in [2.24, 2.45) is 17.6 Å². The maximum Gasteiger partial charge on any atom is 0.223 e. The Kier molecular flexibility index (Phi) is 7.91. The number of halogens is 1. The summed E-state index contributed by atoms with van der Waals surface area (Å²) in [5, 5.41) is 3.12. The Hall–Kier alpha value is -1.59. The molecule has 0 bridgehead atoms. The van der Waals surface area contributed by atoms with Crippen molar-refractivity contribution in [3.8, 4) is 0 Å². The number of amides is 2. The quantitative estimate of drug-likeness (QED) is 0.762. The van der Waals surface area contributed by atoms with Gasteiger partial charge in [0.2, 0.25) is 11.8 Å². The van der Waals surface area contributed by atoms with Crippen molar-refractivity contribution in [1.82, 2.24) is 10.2 Å². The molecule has 5 nitrogen and oxygen atoms in total. The highest BCUT2D eigenvalue weighted by atomic mass is 35.5. The van der Waals surface area contributed by atoms with Gasteiger partial charge in [-0.05, 0) is 43.6 Å². The molecule has 144 valence electrons. The van der Waals surface area contributed by atoms with Crippen molar-refractivity contribution in [3.63, 3.8) is 0 Å². The third-order valence-electron chi connectivity index (χ3n) is 5.46. The third-order valence-corrected chi connectivity index (χ3v) is 5.46. The number of nitrogens with two attached hydrogens (primary N) is 1. The molecule has 1 heterocycles. The van der Waals surface area contributed by atoms with E-state index in [2.05, 4.69) is 17.4 Å². The number of carbonyl (C=O) groups excluding carboxylic acids is 2. The number of carbonyl (C=O) groups is 2. The molecule has 0 aromatic heterocycles. The first-order valence-corrected chi connectivity index (χ1v) is 9.49. The molecule has 3 N–H and O–H groups in total. The smallest absolute Gasteiger partial charge is 0.223 e. The molecule has 1 aromatic rings. The molecular formula is C20H30ClN3O2. The van der Waals surface area contributed by atoms with Crippen LogP contribution in [0.15, 0.2) is 30.3 Å². The molecule has 1 aliphatic carbocycles. The van der Waals surface area contributed by atoms with Crippen LogP contribution >= 0.6 is 12.4 Å². The lowest BCUT2D eigenvalue weighted by atomic mass is 9.95. The Balaban J connectivity index is 0.00000243. The van der Waals surface area contributed by atoms with Gasteiger partial charge in [0.1, 0.15) is 0 Å². The van der Waals surface area contributed by atoms with Crippen molar-refractivity contribution in [1.29, 1.82) is 0 Å². The Labute approximate surface area is 162 Å². The fourth-order valence-corrected chi connectivity index (χ4v) is 3.61. The van der Waals surface area contributed by atoms with Crippen LogP contribution in [0.2, 0.25) is 0 Å². The molecule has 1 aliphatic heterocycles. The zero-order valence-corrected chi connectivity index (χ0v) is 16.0. The summed E-state index contributed by atoms with van der Waals surface area (Å²) in [4.78, 5) is 26.7. The number of piperidine rings is 1. The lowest BCUT2D eigenvalue weighted by Gasteiger charge is -2.32. The fraction of sp³-hybridized carbons (Fsp3) is 0.600. The minimum atomic E-state index is 0. The van der Waals surface area contributed by atoms with E-state index in [0.717, 1.165) is 19.3 Å². The highest BCUT2D eigenvalue weighted by Crippen LogP contribution is 2.32. The molecule has 1 aromatic carbocycles. The molecule has 2 fully saturated rings. The van der Waals surface area contributed by atoms with Gasteiger partial charge in [-0.3, -0.25) is 9.59 Å². The maximum atomic E-state index is 12.4. The zero-order valence-electron chi connectivity index (χ0n) is 15.2. The predicted octanol–water partition coefficient (Wildman–Crippen LogP) is 2.13. The summed E-state index contributed by atoms with van der Waals surface area (Å²) in [7, 11) is 0. The van der Waals surface area contributed by atoms with Crippen molar-refractivity contribution in [3.05, 3.63) is 35.9 Å².